The number of rotatable bonds is 5. The van der Waals surface area contributed by atoms with E-state index in [9.17, 15) is 9.90 Å². The summed E-state index contributed by atoms with van der Waals surface area (Å²) >= 11 is 0. The van der Waals surface area contributed by atoms with E-state index in [1.165, 1.54) is 0 Å². The molecule has 0 bridgehead atoms. The van der Waals surface area contributed by atoms with Crippen LogP contribution in [0.3, 0.4) is 0 Å². The first-order valence-electron chi connectivity index (χ1n) is 6.71. The molecule has 1 heterocycles. The molecule has 1 N–H and O–H groups in total. The van der Waals surface area contributed by atoms with Gasteiger partial charge in [0.2, 0.25) is 0 Å². The third-order valence-electron chi connectivity index (χ3n) is 3.54. The van der Waals surface area contributed by atoms with Crippen molar-refractivity contribution < 1.29 is 9.90 Å². The number of hydrogen-bond donors (Lipinski definition) is 1. The van der Waals surface area contributed by atoms with Crippen LogP contribution in [0.1, 0.15) is 23.3 Å². The number of carbonyl (C=O) groups is 1. The molecule has 102 valence electrons. The van der Waals surface area contributed by atoms with Gasteiger partial charge in [-0.2, -0.15) is 0 Å². The van der Waals surface area contributed by atoms with E-state index in [1.54, 1.807) is 6.07 Å². The average Bonchev–Trinajstić information content (AvgIpc) is 3.28. The van der Waals surface area contributed by atoms with Gasteiger partial charge in [0.1, 0.15) is 0 Å². The number of nitrogens with zero attached hydrogens (tertiary/aromatic N) is 2. The van der Waals surface area contributed by atoms with Crippen LogP contribution in [0, 0.1) is 0 Å². The molecule has 1 fully saturated rings. The molecule has 0 spiro atoms. The summed E-state index contributed by atoms with van der Waals surface area (Å²) in [5.41, 5.74) is 1.75. The monoisotopic (exact) mass is 268 g/mol. The summed E-state index contributed by atoms with van der Waals surface area (Å²) in [6.45, 7) is 4.52. The molecule has 3 rings (SSSR count). The van der Waals surface area contributed by atoms with Gasteiger partial charge in [0.25, 0.3) is 0 Å². The highest BCUT2D eigenvalue weighted by molar-refractivity contribution is 5.97. The molecule has 0 unspecified atom stereocenters. The van der Waals surface area contributed by atoms with Gasteiger partial charge in [-0.25, -0.2) is 9.78 Å². The lowest BCUT2D eigenvalue weighted by molar-refractivity contribution is 0.0691. The molecular weight excluding hydrogens is 252 g/mol. The van der Waals surface area contributed by atoms with Crippen molar-refractivity contribution in [2.24, 2.45) is 0 Å². The summed E-state index contributed by atoms with van der Waals surface area (Å²) in [5.74, 6) is -0.994. The minimum atomic E-state index is -0.994. The predicted octanol–water partition coefficient (Wildman–Crippen LogP) is 3.09. The van der Waals surface area contributed by atoms with Crippen LogP contribution in [0.15, 0.2) is 43.0 Å². The third kappa shape index (κ3) is 2.25. The average molecular weight is 268 g/mol. The minimum Gasteiger partial charge on any atom is -0.477 e. The van der Waals surface area contributed by atoms with Gasteiger partial charge in [0, 0.05) is 23.7 Å². The molecule has 0 amide bonds. The molecular formula is C16H16N2O2. The lowest BCUT2D eigenvalue weighted by Gasteiger charge is -2.24. The molecule has 0 aliphatic heterocycles. The summed E-state index contributed by atoms with van der Waals surface area (Å²) < 4.78 is 0. The van der Waals surface area contributed by atoms with Crippen LogP contribution >= 0.6 is 0 Å². The van der Waals surface area contributed by atoms with Gasteiger partial charge < -0.3 is 10.0 Å². The number of para-hydroxylation sites is 1. The summed E-state index contributed by atoms with van der Waals surface area (Å²) in [5, 5.41) is 10.2. The molecule has 1 aromatic heterocycles. The van der Waals surface area contributed by atoms with Crippen molar-refractivity contribution in [3.8, 4) is 0 Å². The Bertz CT molecular complexity index is 677. The second kappa shape index (κ2) is 4.96. The minimum absolute atomic E-state index is 0.0911. The van der Waals surface area contributed by atoms with E-state index in [0.29, 0.717) is 6.04 Å². The Morgan fingerprint density at radius 2 is 2.20 bits per heavy atom. The summed E-state index contributed by atoms with van der Waals surface area (Å²) in [6, 6.07) is 9.82. The molecule has 2 aromatic rings. The fourth-order valence-corrected chi connectivity index (χ4v) is 2.47. The molecule has 4 nitrogen and oxygen atoms in total. The van der Waals surface area contributed by atoms with E-state index in [2.05, 4.69) is 16.5 Å². The second-order valence-electron chi connectivity index (χ2n) is 5.02. The highest BCUT2D eigenvalue weighted by Gasteiger charge is 2.30. The SMILES string of the molecule is C=CCN(c1cc(C(=O)O)nc2ccccc12)C1CC1. The van der Waals surface area contributed by atoms with E-state index in [1.807, 2.05) is 30.3 Å². The zero-order valence-corrected chi connectivity index (χ0v) is 11.1. The highest BCUT2D eigenvalue weighted by atomic mass is 16.4. The van der Waals surface area contributed by atoms with Crippen LogP contribution < -0.4 is 4.90 Å². The smallest absolute Gasteiger partial charge is 0.354 e. The summed E-state index contributed by atoms with van der Waals surface area (Å²) in [6.07, 6.45) is 4.15. The van der Waals surface area contributed by atoms with Crippen LogP contribution in [-0.4, -0.2) is 28.6 Å². The number of aromatic carboxylic acids is 1. The van der Waals surface area contributed by atoms with Crippen molar-refractivity contribution >= 4 is 22.6 Å². The Kier molecular flexibility index (Phi) is 3.14. The molecule has 0 radical (unpaired) electrons. The molecule has 4 heteroatoms. The zero-order chi connectivity index (χ0) is 14.1. The number of pyridine rings is 1. The molecule has 0 atom stereocenters. The van der Waals surface area contributed by atoms with Gasteiger partial charge in [-0.05, 0) is 25.0 Å². The van der Waals surface area contributed by atoms with E-state index in [4.69, 9.17) is 0 Å². The Hall–Kier alpha value is -2.36. The maximum Gasteiger partial charge on any atom is 0.354 e. The molecule has 1 aliphatic rings. The predicted molar refractivity (Wildman–Crippen MR) is 79.3 cm³/mol. The second-order valence-corrected chi connectivity index (χ2v) is 5.02. The number of benzene rings is 1. The highest BCUT2D eigenvalue weighted by Crippen LogP contribution is 2.35. The van der Waals surface area contributed by atoms with E-state index >= 15 is 0 Å². The maximum absolute atomic E-state index is 11.3. The van der Waals surface area contributed by atoms with Crippen LogP contribution in [-0.2, 0) is 0 Å². The zero-order valence-electron chi connectivity index (χ0n) is 11.1. The van der Waals surface area contributed by atoms with Gasteiger partial charge >= 0.3 is 5.97 Å². The topological polar surface area (TPSA) is 53.4 Å². The van der Waals surface area contributed by atoms with Crippen LogP contribution in [0.5, 0.6) is 0 Å². The number of carboxylic acids is 1. The molecule has 1 aliphatic carbocycles. The molecule has 1 aromatic carbocycles. The summed E-state index contributed by atoms with van der Waals surface area (Å²) in [4.78, 5) is 17.7. The van der Waals surface area contributed by atoms with Gasteiger partial charge in [-0.15, -0.1) is 6.58 Å². The lowest BCUT2D eigenvalue weighted by atomic mass is 10.1. The number of carboxylic acid groups (broad SMARTS) is 1. The molecule has 0 saturated heterocycles. The number of anilines is 1. The van der Waals surface area contributed by atoms with Gasteiger partial charge in [0.05, 0.1) is 5.52 Å². The first kappa shape index (κ1) is 12.7. The van der Waals surface area contributed by atoms with Gasteiger partial charge in [-0.3, -0.25) is 0 Å². The fraction of sp³-hybridized carbons (Fsp3) is 0.250. The largest absolute Gasteiger partial charge is 0.477 e. The third-order valence-corrected chi connectivity index (χ3v) is 3.54. The van der Waals surface area contributed by atoms with Crippen molar-refractivity contribution in [3.63, 3.8) is 0 Å². The van der Waals surface area contributed by atoms with Gasteiger partial charge in [0.15, 0.2) is 5.69 Å². The van der Waals surface area contributed by atoms with E-state index in [-0.39, 0.29) is 5.69 Å². The van der Waals surface area contributed by atoms with Crippen molar-refractivity contribution in [3.05, 3.63) is 48.7 Å². The standard InChI is InChI=1S/C16H16N2O2/c1-2-9-18(11-7-8-11)15-10-14(16(19)20)17-13-6-4-3-5-12(13)15/h2-6,10-11H,1,7-9H2,(H,19,20). The quantitative estimate of drug-likeness (QED) is 0.847. The van der Waals surface area contributed by atoms with Crippen molar-refractivity contribution in [1.29, 1.82) is 0 Å². The first-order valence-corrected chi connectivity index (χ1v) is 6.71. The van der Waals surface area contributed by atoms with Crippen LogP contribution in [0.4, 0.5) is 5.69 Å². The van der Waals surface area contributed by atoms with Crippen molar-refractivity contribution in [1.82, 2.24) is 4.98 Å². The first-order chi connectivity index (χ1) is 9.70. The van der Waals surface area contributed by atoms with Crippen LogP contribution in [0.2, 0.25) is 0 Å². The van der Waals surface area contributed by atoms with Crippen LogP contribution in [0.25, 0.3) is 10.9 Å². The number of fused-ring (bicyclic) bond motifs is 1. The van der Waals surface area contributed by atoms with Gasteiger partial charge in [-0.1, -0.05) is 24.3 Å². The fourth-order valence-electron chi connectivity index (χ4n) is 2.47. The number of aromatic nitrogens is 1. The molecule has 1 saturated carbocycles. The Morgan fingerprint density at radius 1 is 1.45 bits per heavy atom. The Morgan fingerprint density at radius 3 is 2.85 bits per heavy atom. The van der Waals surface area contributed by atoms with E-state index in [0.717, 1.165) is 36.0 Å². The van der Waals surface area contributed by atoms with Crippen molar-refractivity contribution in [2.75, 3.05) is 11.4 Å². The molecule has 20 heavy (non-hydrogen) atoms. The van der Waals surface area contributed by atoms with E-state index < -0.39 is 5.97 Å². The lowest BCUT2D eigenvalue weighted by Crippen LogP contribution is -2.26. The maximum atomic E-state index is 11.3. The Balaban J connectivity index is 2.20. The normalized spacial score (nSPS) is 14.2. The van der Waals surface area contributed by atoms with Crippen molar-refractivity contribution in [2.45, 2.75) is 18.9 Å². The summed E-state index contributed by atoms with van der Waals surface area (Å²) in [7, 11) is 0. The number of hydrogen-bond acceptors (Lipinski definition) is 3. The Labute approximate surface area is 117 Å².